The lowest BCUT2D eigenvalue weighted by molar-refractivity contribution is 0.0759. The maximum absolute atomic E-state index is 12.5. The number of nitrogens with zero attached hydrogens (tertiary/aromatic N) is 1. The lowest BCUT2D eigenvalue weighted by Crippen LogP contribution is -2.32. The highest BCUT2D eigenvalue weighted by Crippen LogP contribution is 2.21. The number of amides is 1. The lowest BCUT2D eigenvalue weighted by atomic mass is 10.0. The van der Waals surface area contributed by atoms with E-state index in [4.69, 9.17) is 0 Å². The van der Waals surface area contributed by atoms with Crippen molar-refractivity contribution in [1.29, 1.82) is 0 Å². The molecule has 0 spiro atoms. The van der Waals surface area contributed by atoms with Gasteiger partial charge in [-0.15, -0.1) is 0 Å². The second kappa shape index (κ2) is 5.87. The summed E-state index contributed by atoms with van der Waals surface area (Å²) in [4.78, 5) is 14.5. The van der Waals surface area contributed by atoms with Gasteiger partial charge < -0.3 is 4.90 Å². The van der Waals surface area contributed by atoms with E-state index in [2.05, 4.69) is 22.9 Å². The van der Waals surface area contributed by atoms with Crippen LogP contribution in [-0.2, 0) is 0 Å². The molecule has 1 heterocycles. The van der Waals surface area contributed by atoms with Crippen molar-refractivity contribution in [2.45, 2.75) is 33.1 Å². The van der Waals surface area contributed by atoms with Gasteiger partial charge in [-0.05, 0) is 49.8 Å². The largest absolute Gasteiger partial charge is 0.339 e. The minimum atomic E-state index is 0.183. The maximum atomic E-state index is 12.5. The molecule has 2 rings (SSSR count). The van der Waals surface area contributed by atoms with Crippen LogP contribution in [0.25, 0.3) is 0 Å². The fourth-order valence-electron chi connectivity index (χ4n) is 2.46. The third-order valence-corrected chi connectivity index (χ3v) is 4.23. The van der Waals surface area contributed by atoms with Crippen LogP contribution in [0.4, 0.5) is 0 Å². The molecule has 1 aliphatic rings. The molecule has 3 heteroatoms. The summed E-state index contributed by atoms with van der Waals surface area (Å²) in [6, 6.07) is 5.92. The van der Waals surface area contributed by atoms with E-state index in [1.807, 2.05) is 30.0 Å². The van der Waals surface area contributed by atoms with Gasteiger partial charge in [-0.2, -0.15) is 0 Å². The third kappa shape index (κ3) is 3.14. The monoisotopic (exact) mass is 309 g/mol. The van der Waals surface area contributed by atoms with Crippen LogP contribution in [0.2, 0.25) is 0 Å². The molecule has 1 saturated heterocycles. The van der Waals surface area contributed by atoms with Crippen LogP contribution in [0.1, 0.15) is 42.1 Å². The first-order valence-corrected chi connectivity index (χ1v) is 7.42. The highest BCUT2D eigenvalue weighted by atomic mass is 79.9. The van der Waals surface area contributed by atoms with Crippen LogP contribution < -0.4 is 0 Å². The van der Waals surface area contributed by atoms with Crippen LogP contribution in [0.5, 0.6) is 0 Å². The first-order chi connectivity index (χ1) is 8.58. The summed E-state index contributed by atoms with van der Waals surface area (Å²) in [5.74, 6) is 0.925. The highest BCUT2D eigenvalue weighted by Gasteiger charge is 2.20. The second-order valence-corrected chi connectivity index (χ2v) is 6.20. The van der Waals surface area contributed by atoms with Gasteiger partial charge in [-0.25, -0.2) is 0 Å². The van der Waals surface area contributed by atoms with E-state index >= 15 is 0 Å². The Labute approximate surface area is 117 Å². The normalized spacial score (nSPS) is 20.6. The highest BCUT2D eigenvalue weighted by molar-refractivity contribution is 9.10. The molecule has 98 valence electrons. The van der Waals surface area contributed by atoms with Crippen LogP contribution in [0, 0.1) is 12.8 Å². The first kappa shape index (κ1) is 13.6. The van der Waals surface area contributed by atoms with Crippen molar-refractivity contribution in [2.24, 2.45) is 5.92 Å². The zero-order valence-corrected chi connectivity index (χ0v) is 12.7. The lowest BCUT2D eigenvalue weighted by Gasteiger charge is -2.21. The molecular formula is C15H20BrNO. The zero-order chi connectivity index (χ0) is 13.1. The molecule has 0 bridgehead atoms. The predicted octanol–water partition coefficient (Wildman–Crippen LogP) is 4.02. The molecule has 0 N–H and O–H groups in total. The van der Waals surface area contributed by atoms with E-state index in [-0.39, 0.29) is 5.91 Å². The minimum Gasteiger partial charge on any atom is -0.339 e. The SMILES string of the molecule is Cc1ccc(Br)cc1C(=O)N1CCCC(C)CC1. The maximum Gasteiger partial charge on any atom is 0.254 e. The number of carbonyl (C=O) groups is 1. The molecule has 1 unspecified atom stereocenters. The van der Waals surface area contributed by atoms with Crippen LogP contribution >= 0.6 is 15.9 Å². The zero-order valence-electron chi connectivity index (χ0n) is 11.1. The predicted molar refractivity (Wildman–Crippen MR) is 77.8 cm³/mol. The molecule has 1 atom stereocenters. The van der Waals surface area contributed by atoms with E-state index < -0.39 is 0 Å². The number of likely N-dealkylation sites (tertiary alicyclic amines) is 1. The Balaban J connectivity index is 2.17. The van der Waals surface area contributed by atoms with Crippen molar-refractivity contribution in [2.75, 3.05) is 13.1 Å². The van der Waals surface area contributed by atoms with Crippen LogP contribution in [0.3, 0.4) is 0 Å². The van der Waals surface area contributed by atoms with Crippen molar-refractivity contribution >= 4 is 21.8 Å². The summed E-state index contributed by atoms with van der Waals surface area (Å²) in [6.45, 7) is 6.07. The van der Waals surface area contributed by atoms with Crippen molar-refractivity contribution in [3.63, 3.8) is 0 Å². The topological polar surface area (TPSA) is 20.3 Å². The summed E-state index contributed by atoms with van der Waals surface area (Å²) >= 11 is 3.44. The molecule has 1 amide bonds. The third-order valence-electron chi connectivity index (χ3n) is 3.73. The molecule has 0 saturated carbocycles. The van der Waals surface area contributed by atoms with Gasteiger partial charge in [0.05, 0.1) is 0 Å². The smallest absolute Gasteiger partial charge is 0.254 e. The van der Waals surface area contributed by atoms with Gasteiger partial charge in [0.15, 0.2) is 0 Å². The fourth-order valence-corrected chi connectivity index (χ4v) is 2.82. The van der Waals surface area contributed by atoms with Crippen molar-refractivity contribution < 1.29 is 4.79 Å². The van der Waals surface area contributed by atoms with E-state index in [0.717, 1.165) is 47.4 Å². The molecule has 1 aromatic rings. The molecule has 2 nitrogen and oxygen atoms in total. The fraction of sp³-hybridized carbons (Fsp3) is 0.533. The number of halogens is 1. The average Bonchev–Trinajstić information content (AvgIpc) is 2.56. The Morgan fingerprint density at radius 3 is 2.89 bits per heavy atom. The summed E-state index contributed by atoms with van der Waals surface area (Å²) < 4.78 is 0.972. The van der Waals surface area contributed by atoms with E-state index in [9.17, 15) is 4.79 Å². The number of hydrogen-bond donors (Lipinski definition) is 0. The Bertz CT molecular complexity index is 444. The molecule has 18 heavy (non-hydrogen) atoms. The summed E-state index contributed by atoms with van der Waals surface area (Å²) in [6.07, 6.45) is 3.49. The standard InChI is InChI=1S/C15H20BrNO/c1-11-4-3-8-17(9-7-11)15(18)14-10-13(16)6-5-12(14)2/h5-6,10-11H,3-4,7-9H2,1-2H3. The van der Waals surface area contributed by atoms with Crippen molar-refractivity contribution in [3.8, 4) is 0 Å². The van der Waals surface area contributed by atoms with Gasteiger partial charge in [0.25, 0.3) is 5.91 Å². The minimum absolute atomic E-state index is 0.183. The van der Waals surface area contributed by atoms with Crippen LogP contribution in [0.15, 0.2) is 22.7 Å². The summed E-state index contributed by atoms with van der Waals surface area (Å²) in [5, 5.41) is 0. The Kier molecular flexibility index (Phi) is 4.44. The number of aryl methyl sites for hydroxylation is 1. The summed E-state index contributed by atoms with van der Waals surface area (Å²) in [7, 11) is 0. The molecule has 1 aromatic carbocycles. The van der Waals surface area contributed by atoms with Gasteiger partial charge in [0, 0.05) is 23.1 Å². The molecule has 0 aliphatic carbocycles. The van der Waals surface area contributed by atoms with E-state index in [1.54, 1.807) is 0 Å². The van der Waals surface area contributed by atoms with Gasteiger partial charge >= 0.3 is 0 Å². The quantitative estimate of drug-likeness (QED) is 0.767. The van der Waals surface area contributed by atoms with E-state index in [1.165, 1.54) is 6.42 Å². The van der Waals surface area contributed by atoms with E-state index in [0.29, 0.717) is 0 Å². The Morgan fingerprint density at radius 2 is 2.11 bits per heavy atom. The van der Waals surface area contributed by atoms with Gasteiger partial charge in [0.1, 0.15) is 0 Å². The van der Waals surface area contributed by atoms with Crippen molar-refractivity contribution in [1.82, 2.24) is 4.90 Å². The van der Waals surface area contributed by atoms with Gasteiger partial charge in [-0.3, -0.25) is 4.79 Å². The first-order valence-electron chi connectivity index (χ1n) is 6.63. The Morgan fingerprint density at radius 1 is 1.33 bits per heavy atom. The number of benzene rings is 1. The van der Waals surface area contributed by atoms with Gasteiger partial charge in [-0.1, -0.05) is 28.9 Å². The van der Waals surface area contributed by atoms with Crippen molar-refractivity contribution in [3.05, 3.63) is 33.8 Å². The number of hydrogen-bond acceptors (Lipinski definition) is 1. The second-order valence-electron chi connectivity index (χ2n) is 5.29. The molecule has 0 aromatic heterocycles. The molecule has 1 aliphatic heterocycles. The summed E-state index contributed by atoms with van der Waals surface area (Å²) in [5.41, 5.74) is 1.89. The molecular weight excluding hydrogens is 290 g/mol. The van der Waals surface area contributed by atoms with Crippen LogP contribution in [-0.4, -0.2) is 23.9 Å². The van der Waals surface area contributed by atoms with Gasteiger partial charge in [0.2, 0.25) is 0 Å². The molecule has 0 radical (unpaired) electrons. The Hall–Kier alpha value is -0.830. The number of rotatable bonds is 1. The average molecular weight is 310 g/mol. The number of carbonyl (C=O) groups excluding carboxylic acids is 1. The molecule has 1 fully saturated rings.